The van der Waals surface area contributed by atoms with Gasteiger partial charge in [0, 0.05) is 17.7 Å². The van der Waals surface area contributed by atoms with Crippen molar-refractivity contribution >= 4 is 16.9 Å². The molecule has 38 heavy (non-hydrogen) atoms. The first-order valence-electron chi connectivity index (χ1n) is 13.7. The maximum atomic E-state index is 14.0. The number of rotatable bonds is 10. The number of hydrogen-bond donors (Lipinski definition) is 0. The highest BCUT2D eigenvalue weighted by Crippen LogP contribution is 2.40. The summed E-state index contributed by atoms with van der Waals surface area (Å²) in [5, 5.41) is 0. The molecule has 5 nitrogen and oxygen atoms in total. The van der Waals surface area contributed by atoms with Gasteiger partial charge in [0.25, 0.3) is 0 Å². The molecular formula is C33H37NO4. The average Bonchev–Trinajstić information content (AvgIpc) is 2.99. The number of nitrogens with zero attached hydrogens (tertiary/aromatic N) is 1. The van der Waals surface area contributed by atoms with E-state index in [0.717, 1.165) is 70.9 Å². The van der Waals surface area contributed by atoms with E-state index in [4.69, 9.17) is 14.2 Å². The minimum absolute atomic E-state index is 0.0265. The van der Waals surface area contributed by atoms with Crippen molar-refractivity contribution in [2.24, 2.45) is 0 Å². The highest BCUT2D eigenvalue weighted by atomic mass is 16.5. The van der Waals surface area contributed by atoms with Crippen LogP contribution in [0.1, 0.15) is 59.2 Å². The van der Waals surface area contributed by atoms with E-state index in [1.807, 2.05) is 66.7 Å². The Balaban J connectivity index is 1.36. The molecule has 1 fully saturated rings. The third-order valence-corrected chi connectivity index (χ3v) is 7.65. The molecule has 0 aromatic heterocycles. The summed E-state index contributed by atoms with van der Waals surface area (Å²) in [6, 6.07) is 21.6. The quantitative estimate of drug-likeness (QED) is 0.224. The van der Waals surface area contributed by atoms with Gasteiger partial charge in [-0.2, -0.15) is 0 Å². The highest BCUT2D eigenvalue weighted by molar-refractivity contribution is 6.35. The van der Waals surface area contributed by atoms with E-state index in [2.05, 4.69) is 4.90 Å². The van der Waals surface area contributed by atoms with Crippen LogP contribution in [-0.4, -0.2) is 51.1 Å². The lowest BCUT2D eigenvalue weighted by Crippen LogP contribution is -2.31. The zero-order chi connectivity index (χ0) is 26.3. The maximum Gasteiger partial charge on any atom is 0.193 e. The van der Waals surface area contributed by atoms with E-state index in [0.29, 0.717) is 12.2 Å². The summed E-state index contributed by atoms with van der Waals surface area (Å²) in [7, 11) is 3.34. The maximum absolute atomic E-state index is 14.0. The van der Waals surface area contributed by atoms with E-state index in [9.17, 15) is 4.79 Å². The van der Waals surface area contributed by atoms with Gasteiger partial charge in [0.2, 0.25) is 0 Å². The first-order chi connectivity index (χ1) is 18.7. The Kier molecular flexibility index (Phi) is 8.44. The van der Waals surface area contributed by atoms with Gasteiger partial charge in [-0.1, -0.05) is 24.6 Å². The fourth-order valence-electron chi connectivity index (χ4n) is 5.54. The van der Waals surface area contributed by atoms with Gasteiger partial charge in [-0.15, -0.1) is 0 Å². The van der Waals surface area contributed by atoms with Crippen LogP contribution in [-0.2, 0) is 6.42 Å². The molecule has 0 atom stereocenters. The van der Waals surface area contributed by atoms with Crippen LogP contribution < -0.4 is 14.2 Å². The molecule has 0 spiro atoms. The van der Waals surface area contributed by atoms with Crippen LogP contribution >= 0.6 is 0 Å². The Morgan fingerprint density at radius 2 is 1.47 bits per heavy atom. The summed E-state index contributed by atoms with van der Waals surface area (Å²) in [5.41, 5.74) is 5.65. The van der Waals surface area contributed by atoms with Crippen LogP contribution in [0.3, 0.4) is 0 Å². The lowest BCUT2D eigenvalue weighted by molar-refractivity contribution is 0.105. The lowest BCUT2D eigenvalue weighted by atomic mass is 9.79. The Bertz CT molecular complexity index is 1270. The van der Waals surface area contributed by atoms with Crippen molar-refractivity contribution in [1.82, 2.24) is 4.90 Å². The Hall–Kier alpha value is -3.57. The standard InChI is InChI=1S/C33H37NO4/c1-36-27-12-7-24(8-13-27)30-17-11-26-23-29(37-2)16-18-31(26)32(30)33(35)25-9-14-28(15-10-25)38-22-6-21-34-19-4-3-5-20-34/h7-10,12-16,18,23H,3-6,11,17,19-22H2,1-2H3. The first kappa shape index (κ1) is 26.1. The van der Waals surface area contributed by atoms with Gasteiger partial charge >= 0.3 is 0 Å². The van der Waals surface area contributed by atoms with Gasteiger partial charge in [0.1, 0.15) is 17.2 Å². The third kappa shape index (κ3) is 5.94. The second-order valence-electron chi connectivity index (χ2n) is 10.1. The number of fused-ring (bicyclic) bond motifs is 1. The molecule has 1 heterocycles. The fourth-order valence-corrected chi connectivity index (χ4v) is 5.54. The summed E-state index contributed by atoms with van der Waals surface area (Å²) in [6.45, 7) is 4.19. The Labute approximate surface area is 226 Å². The van der Waals surface area contributed by atoms with Gasteiger partial charge in [-0.3, -0.25) is 4.79 Å². The van der Waals surface area contributed by atoms with Gasteiger partial charge < -0.3 is 19.1 Å². The second-order valence-corrected chi connectivity index (χ2v) is 10.1. The smallest absolute Gasteiger partial charge is 0.193 e. The molecule has 5 rings (SSSR count). The minimum Gasteiger partial charge on any atom is -0.497 e. The number of ether oxygens (including phenoxy) is 3. The Morgan fingerprint density at radius 1 is 0.789 bits per heavy atom. The molecule has 0 unspecified atom stereocenters. The first-order valence-corrected chi connectivity index (χ1v) is 13.7. The van der Waals surface area contributed by atoms with Crippen LogP contribution in [0.15, 0.2) is 66.7 Å². The average molecular weight is 512 g/mol. The van der Waals surface area contributed by atoms with E-state index < -0.39 is 0 Å². The number of likely N-dealkylation sites (tertiary alicyclic amines) is 1. The molecule has 0 N–H and O–H groups in total. The molecule has 1 saturated heterocycles. The third-order valence-electron chi connectivity index (χ3n) is 7.65. The number of carbonyl (C=O) groups excluding carboxylic acids is 1. The SMILES string of the molecule is COc1ccc(C2=C(C(=O)c3ccc(OCCCN4CCCCC4)cc3)c3ccc(OC)cc3CC2)cc1. The number of ketones is 1. The van der Waals surface area contributed by atoms with Gasteiger partial charge in [-0.25, -0.2) is 0 Å². The summed E-state index contributed by atoms with van der Waals surface area (Å²) in [6.07, 6.45) is 6.63. The molecule has 3 aromatic rings. The number of hydrogen-bond acceptors (Lipinski definition) is 5. The summed E-state index contributed by atoms with van der Waals surface area (Å²) >= 11 is 0. The van der Waals surface area contributed by atoms with Gasteiger partial charge in [-0.05, 0) is 116 Å². The number of piperidine rings is 1. The van der Waals surface area contributed by atoms with Crippen molar-refractivity contribution in [1.29, 1.82) is 0 Å². The van der Waals surface area contributed by atoms with Crippen molar-refractivity contribution in [3.8, 4) is 17.2 Å². The van der Waals surface area contributed by atoms with Crippen LogP contribution in [0, 0.1) is 0 Å². The van der Waals surface area contributed by atoms with Crippen LogP contribution in [0.5, 0.6) is 17.2 Å². The number of carbonyl (C=O) groups is 1. The van der Waals surface area contributed by atoms with E-state index in [-0.39, 0.29) is 5.78 Å². The van der Waals surface area contributed by atoms with Gasteiger partial charge in [0.05, 0.1) is 20.8 Å². The molecule has 1 aliphatic carbocycles. The van der Waals surface area contributed by atoms with Gasteiger partial charge in [0.15, 0.2) is 5.78 Å². The van der Waals surface area contributed by atoms with Crippen molar-refractivity contribution in [2.45, 2.75) is 38.5 Å². The molecule has 5 heteroatoms. The lowest BCUT2D eigenvalue weighted by Gasteiger charge is -2.26. The predicted molar refractivity (Wildman–Crippen MR) is 152 cm³/mol. The summed E-state index contributed by atoms with van der Waals surface area (Å²) in [4.78, 5) is 16.5. The molecular weight excluding hydrogens is 474 g/mol. The van der Waals surface area contributed by atoms with E-state index in [1.165, 1.54) is 32.4 Å². The predicted octanol–water partition coefficient (Wildman–Crippen LogP) is 6.70. The Morgan fingerprint density at radius 3 is 2.18 bits per heavy atom. The molecule has 1 aliphatic heterocycles. The molecule has 0 radical (unpaired) electrons. The number of benzene rings is 3. The van der Waals surface area contributed by atoms with Crippen molar-refractivity contribution in [2.75, 3.05) is 40.5 Å². The summed E-state index contributed by atoms with van der Waals surface area (Å²) < 4.78 is 16.8. The number of allylic oxidation sites excluding steroid dienone is 2. The molecule has 2 aliphatic rings. The largest absolute Gasteiger partial charge is 0.497 e. The monoisotopic (exact) mass is 511 g/mol. The number of Topliss-reactive ketones (excluding diaryl/α,β-unsaturated/α-hetero) is 1. The highest BCUT2D eigenvalue weighted by Gasteiger charge is 2.26. The van der Waals surface area contributed by atoms with Crippen LogP contribution in [0.25, 0.3) is 11.1 Å². The summed E-state index contributed by atoms with van der Waals surface area (Å²) in [5.74, 6) is 2.44. The van der Waals surface area contributed by atoms with Crippen molar-refractivity contribution in [3.05, 3.63) is 89.0 Å². The van der Waals surface area contributed by atoms with E-state index >= 15 is 0 Å². The zero-order valence-corrected chi connectivity index (χ0v) is 22.5. The molecule has 3 aromatic carbocycles. The zero-order valence-electron chi connectivity index (χ0n) is 22.5. The minimum atomic E-state index is 0.0265. The normalized spacial score (nSPS) is 15.6. The molecule has 0 saturated carbocycles. The van der Waals surface area contributed by atoms with Crippen LogP contribution in [0.4, 0.5) is 0 Å². The fraction of sp³-hybridized carbons (Fsp3) is 0.364. The molecule has 198 valence electrons. The topological polar surface area (TPSA) is 48.0 Å². The van der Waals surface area contributed by atoms with E-state index in [1.54, 1.807) is 14.2 Å². The molecule has 0 bridgehead atoms. The number of aryl methyl sites for hydroxylation is 1. The van der Waals surface area contributed by atoms with Crippen molar-refractivity contribution in [3.63, 3.8) is 0 Å². The second kappa shape index (κ2) is 12.3. The van der Waals surface area contributed by atoms with Crippen molar-refractivity contribution < 1.29 is 19.0 Å². The molecule has 0 amide bonds. The van der Waals surface area contributed by atoms with Crippen LogP contribution in [0.2, 0.25) is 0 Å². The number of methoxy groups -OCH3 is 2.